The first-order valence-electron chi connectivity index (χ1n) is 6.93. The van der Waals surface area contributed by atoms with Gasteiger partial charge in [-0.15, -0.1) is 13.2 Å². The summed E-state index contributed by atoms with van der Waals surface area (Å²) >= 11 is 0. The number of alkyl halides is 3. The summed E-state index contributed by atoms with van der Waals surface area (Å²) in [7, 11) is 0. The van der Waals surface area contributed by atoms with Gasteiger partial charge in [-0.3, -0.25) is 9.64 Å². The fourth-order valence-electron chi connectivity index (χ4n) is 3.33. The van der Waals surface area contributed by atoms with Gasteiger partial charge in [0.1, 0.15) is 0 Å². The van der Waals surface area contributed by atoms with E-state index in [-0.39, 0.29) is 17.7 Å². The van der Waals surface area contributed by atoms with E-state index >= 15 is 0 Å². The van der Waals surface area contributed by atoms with Crippen molar-refractivity contribution in [3.63, 3.8) is 0 Å². The fraction of sp³-hybridized carbons (Fsp3) is 1.00. The normalized spacial score (nSPS) is 27.0. The van der Waals surface area contributed by atoms with Crippen LogP contribution in [0.5, 0.6) is 0 Å². The summed E-state index contributed by atoms with van der Waals surface area (Å²) in [6, 6.07) is 0. The molecule has 0 atom stereocenters. The molecule has 2 fully saturated rings. The van der Waals surface area contributed by atoms with Crippen LogP contribution in [0.1, 0.15) is 39.5 Å². The minimum Gasteiger partial charge on any atom is -0.309 e. The topological polar surface area (TPSA) is 24.5 Å². The first-order valence-corrected chi connectivity index (χ1v) is 6.93. The third kappa shape index (κ3) is 3.83. The van der Waals surface area contributed by atoms with Crippen LogP contribution < -0.4 is 5.32 Å². The molecule has 1 aliphatic carbocycles. The number of hydrogen-bond acceptors (Lipinski definition) is 3. The predicted octanol–water partition coefficient (Wildman–Crippen LogP) is 2.52. The molecule has 1 saturated heterocycles. The number of hydrogen-bond donors (Lipinski definition) is 1. The molecular formula is C13H23F3N2O. The molecule has 0 unspecified atom stereocenters. The van der Waals surface area contributed by atoms with Crippen LogP contribution in [0.3, 0.4) is 0 Å². The molecular weight excluding hydrogens is 257 g/mol. The monoisotopic (exact) mass is 280 g/mol. The lowest BCUT2D eigenvalue weighted by atomic mass is 9.87. The maximum absolute atomic E-state index is 12.1. The molecule has 1 N–H and O–H groups in total. The SMILES string of the molecule is CC1(C)CN(CCOC(F)(F)F)C2(CCCC2)CN1. The summed E-state index contributed by atoms with van der Waals surface area (Å²) in [6.45, 7) is 5.89. The molecule has 112 valence electrons. The van der Waals surface area contributed by atoms with Crippen LogP contribution in [-0.4, -0.2) is 48.6 Å². The molecule has 3 nitrogen and oxygen atoms in total. The van der Waals surface area contributed by atoms with E-state index in [4.69, 9.17) is 0 Å². The van der Waals surface area contributed by atoms with E-state index in [1.165, 1.54) is 12.8 Å². The van der Waals surface area contributed by atoms with Crippen LogP contribution >= 0.6 is 0 Å². The van der Waals surface area contributed by atoms with Crippen molar-refractivity contribution in [3.8, 4) is 0 Å². The second-order valence-corrected chi connectivity index (χ2v) is 6.38. The van der Waals surface area contributed by atoms with Crippen LogP contribution in [0, 0.1) is 0 Å². The summed E-state index contributed by atoms with van der Waals surface area (Å²) in [5, 5.41) is 3.52. The van der Waals surface area contributed by atoms with Crippen molar-refractivity contribution in [2.45, 2.75) is 57.0 Å². The lowest BCUT2D eigenvalue weighted by Crippen LogP contribution is -2.67. The summed E-state index contributed by atoms with van der Waals surface area (Å²) < 4.78 is 40.2. The van der Waals surface area contributed by atoms with Gasteiger partial charge in [0.15, 0.2) is 0 Å². The third-order valence-electron chi connectivity index (χ3n) is 4.31. The first kappa shape index (κ1) is 15.1. The Hall–Kier alpha value is -0.330. The zero-order valence-corrected chi connectivity index (χ0v) is 11.6. The Morgan fingerprint density at radius 1 is 1.21 bits per heavy atom. The molecule has 19 heavy (non-hydrogen) atoms. The summed E-state index contributed by atoms with van der Waals surface area (Å²) in [4.78, 5) is 2.21. The molecule has 0 aromatic carbocycles. The maximum Gasteiger partial charge on any atom is 0.522 e. The molecule has 0 aromatic rings. The van der Waals surface area contributed by atoms with E-state index in [9.17, 15) is 13.2 Å². The molecule has 1 aliphatic heterocycles. The van der Waals surface area contributed by atoms with Gasteiger partial charge < -0.3 is 5.32 Å². The lowest BCUT2D eigenvalue weighted by molar-refractivity contribution is -0.325. The van der Waals surface area contributed by atoms with Gasteiger partial charge in [0.2, 0.25) is 0 Å². The largest absolute Gasteiger partial charge is 0.522 e. The van der Waals surface area contributed by atoms with Gasteiger partial charge in [-0.2, -0.15) is 0 Å². The highest BCUT2D eigenvalue weighted by molar-refractivity contribution is 5.04. The molecule has 6 heteroatoms. The molecule has 2 rings (SSSR count). The Morgan fingerprint density at radius 3 is 2.42 bits per heavy atom. The lowest BCUT2D eigenvalue weighted by Gasteiger charge is -2.51. The Kier molecular flexibility index (Phi) is 4.14. The van der Waals surface area contributed by atoms with Crippen LogP contribution in [0.15, 0.2) is 0 Å². The molecule has 0 amide bonds. The zero-order valence-electron chi connectivity index (χ0n) is 11.6. The summed E-state index contributed by atoms with van der Waals surface area (Å²) in [6.07, 6.45) is -0.0476. The van der Waals surface area contributed by atoms with E-state index in [0.29, 0.717) is 6.54 Å². The molecule has 0 aromatic heterocycles. The number of rotatable bonds is 3. The Morgan fingerprint density at radius 2 is 1.84 bits per heavy atom. The Bertz CT molecular complexity index is 312. The van der Waals surface area contributed by atoms with Crippen molar-refractivity contribution in [1.29, 1.82) is 0 Å². The Labute approximate surface area is 112 Å². The highest BCUT2D eigenvalue weighted by atomic mass is 19.4. The van der Waals surface area contributed by atoms with Gasteiger partial charge in [0.25, 0.3) is 0 Å². The molecule has 1 saturated carbocycles. The molecule has 1 spiro atoms. The summed E-state index contributed by atoms with van der Waals surface area (Å²) in [5.74, 6) is 0. The maximum atomic E-state index is 12.1. The van der Waals surface area contributed by atoms with Gasteiger partial charge in [0.05, 0.1) is 6.61 Å². The molecule has 0 radical (unpaired) electrons. The average molecular weight is 280 g/mol. The van der Waals surface area contributed by atoms with Crippen molar-refractivity contribution >= 4 is 0 Å². The number of halogens is 3. The first-order chi connectivity index (χ1) is 8.73. The molecule has 0 bridgehead atoms. The second-order valence-electron chi connectivity index (χ2n) is 6.38. The van der Waals surface area contributed by atoms with Gasteiger partial charge in [-0.05, 0) is 26.7 Å². The van der Waals surface area contributed by atoms with Crippen molar-refractivity contribution in [2.75, 3.05) is 26.2 Å². The number of ether oxygens (including phenoxy) is 1. The van der Waals surface area contributed by atoms with Crippen LogP contribution in [0.4, 0.5) is 13.2 Å². The number of nitrogens with one attached hydrogen (secondary N) is 1. The Balaban J connectivity index is 1.96. The van der Waals surface area contributed by atoms with E-state index < -0.39 is 6.36 Å². The van der Waals surface area contributed by atoms with Crippen molar-refractivity contribution in [2.24, 2.45) is 0 Å². The zero-order chi connectivity index (χ0) is 14.1. The van der Waals surface area contributed by atoms with Crippen LogP contribution in [0.2, 0.25) is 0 Å². The van der Waals surface area contributed by atoms with Crippen molar-refractivity contribution in [1.82, 2.24) is 10.2 Å². The van der Waals surface area contributed by atoms with Crippen molar-refractivity contribution in [3.05, 3.63) is 0 Å². The van der Waals surface area contributed by atoms with E-state index in [0.717, 1.165) is 25.9 Å². The van der Waals surface area contributed by atoms with E-state index in [1.54, 1.807) is 0 Å². The second kappa shape index (κ2) is 5.22. The molecule has 2 aliphatic rings. The van der Waals surface area contributed by atoms with Gasteiger partial charge >= 0.3 is 6.36 Å². The number of nitrogens with zero attached hydrogens (tertiary/aromatic N) is 1. The quantitative estimate of drug-likeness (QED) is 0.859. The fourth-order valence-corrected chi connectivity index (χ4v) is 3.33. The van der Waals surface area contributed by atoms with Crippen LogP contribution in [-0.2, 0) is 4.74 Å². The minimum atomic E-state index is -4.52. The van der Waals surface area contributed by atoms with E-state index in [2.05, 4.69) is 28.8 Å². The smallest absolute Gasteiger partial charge is 0.309 e. The van der Waals surface area contributed by atoms with Crippen LogP contribution in [0.25, 0.3) is 0 Å². The van der Waals surface area contributed by atoms with Gasteiger partial charge in [-0.1, -0.05) is 12.8 Å². The third-order valence-corrected chi connectivity index (χ3v) is 4.31. The van der Waals surface area contributed by atoms with Crippen molar-refractivity contribution < 1.29 is 17.9 Å². The standard InChI is InChI=1S/C13H23F3N2O/c1-11(2)10-18(7-8-19-13(14,15)16)12(9-17-11)5-3-4-6-12/h17H,3-10H2,1-2H3. The van der Waals surface area contributed by atoms with Gasteiger partial charge in [-0.25, -0.2) is 0 Å². The number of piperazine rings is 1. The highest BCUT2D eigenvalue weighted by Crippen LogP contribution is 2.38. The minimum absolute atomic E-state index is 0.0461. The highest BCUT2D eigenvalue weighted by Gasteiger charge is 2.45. The predicted molar refractivity (Wildman–Crippen MR) is 66.9 cm³/mol. The average Bonchev–Trinajstić information content (AvgIpc) is 2.71. The van der Waals surface area contributed by atoms with Gasteiger partial charge in [0, 0.05) is 30.7 Å². The molecule has 1 heterocycles. The summed E-state index contributed by atoms with van der Waals surface area (Å²) in [5.41, 5.74) is -0.00342. The van der Waals surface area contributed by atoms with E-state index in [1.807, 2.05) is 0 Å².